The van der Waals surface area contributed by atoms with Crippen molar-refractivity contribution >= 4 is 39.7 Å². The van der Waals surface area contributed by atoms with Gasteiger partial charge in [-0.3, -0.25) is 15.1 Å². The highest BCUT2D eigenvalue weighted by atomic mass is 19.2. The number of esters is 1. The molecule has 7 rings (SSSR count). The predicted molar refractivity (Wildman–Crippen MR) is 197 cm³/mol. The van der Waals surface area contributed by atoms with E-state index in [1.54, 1.807) is 17.0 Å². The van der Waals surface area contributed by atoms with Crippen molar-refractivity contribution < 1.29 is 107 Å². The van der Waals surface area contributed by atoms with Crippen LogP contribution in [0.3, 0.4) is 0 Å². The average molecular weight is 1020 g/mol. The van der Waals surface area contributed by atoms with Crippen molar-refractivity contribution in [2.75, 3.05) is 0 Å². The van der Waals surface area contributed by atoms with Crippen LogP contribution in [-0.4, -0.2) is 22.0 Å². The Kier molecular flexibility index (Phi) is 14.3. The summed E-state index contributed by atoms with van der Waals surface area (Å²) in [4.78, 5) is 26.7. The van der Waals surface area contributed by atoms with E-state index in [0.29, 0.717) is 6.54 Å². The number of aromatic nitrogens is 2. The van der Waals surface area contributed by atoms with Gasteiger partial charge in [-0.2, -0.15) is 4.57 Å². The van der Waals surface area contributed by atoms with Gasteiger partial charge in [0.15, 0.2) is 82.5 Å². The number of hydrogen-bond donors (Lipinski definition) is 0. The van der Waals surface area contributed by atoms with Crippen molar-refractivity contribution in [3.8, 4) is 5.75 Å². The second-order valence-corrected chi connectivity index (χ2v) is 14.0. The first-order valence-electron chi connectivity index (χ1n) is 18.4. The van der Waals surface area contributed by atoms with E-state index in [-0.39, 0.29) is 17.1 Å². The van der Waals surface area contributed by atoms with Crippen molar-refractivity contribution in [3.05, 3.63) is 211 Å². The molecule has 0 aliphatic carbocycles. The van der Waals surface area contributed by atoms with E-state index in [2.05, 4.69) is 4.98 Å². The van der Waals surface area contributed by atoms with Gasteiger partial charge in [0, 0.05) is 11.6 Å². The number of halogens is 20. The van der Waals surface area contributed by atoms with Crippen molar-refractivity contribution in [1.29, 1.82) is 0 Å². The molecule has 0 unspecified atom stereocenters. The third-order valence-corrected chi connectivity index (χ3v) is 10.2. The number of carbonyl (C=O) groups is 1. The first-order chi connectivity index (χ1) is 32.8. The Balaban J connectivity index is 0.000000270. The fourth-order valence-electron chi connectivity index (χ4n) is 7.17. The molecule has 0 aliphatic heterocycles. The van der Waals surface area contributed by atoms with Crippen molar-refractivity contribution in [3.63, 3.8) is 0 Å². The van der Waals surface area contributed by atoms with E-state index in [1.165, 1.54) is 30.5 Å². The lowest BCUT2D eigenvalue weighted by Crippen LogP contribution is -2.81. The maximum atomic E-state index is 15.4. The first kappa shape index (κ1) is 51.3. The van der Waals surface area contributed by atoms with Gasteiger partial charge in [0.05, 0.1) is 17.2 Å². The van der Waals surface area contributed by atoms with Crippen molar-refractivity contribution in [1.82, 2.24) is 4.98 Å². The lowest BCUT2D eigenvalue weighted by Gasteiger charge is -2.44. The van der Waals surface area contributed by atoms with Crippen LogP contribution < -0.4 is 31.2 Å². The van der Waals surface area contributed by atoms with E-state index < -0.39 is 155 Å². The van der Waals surface area contributed by atoms with E-state index in [0.717, 1.165) is 5.56 Å². The van der Waals surface area contributed by atoms with Gasteiger partial charge < -0.3 is 4.74 Å². The van der Waals surface area contributed by atoms with E-state index in [4.69, 9.17) is 4.74 Å². The molecule has 70 heavy (non-hydrogen) atoms. The van der Waals surface area contributed by atoms with Crippen LogP contribution in [0.15, 0.2) is 73.2 Å². The topological polar surface area (TPSA) is 86.2 Å². The van der Waals surface area contributed by atoms with Crippen LogP contribution in [0.4, 0.5) is 93.5 Å². The lowest BCUT2D eigenvalue weighted by atomic mass is 9.12. The average Bonchev–Trinajstić information content (AvgIpc) is 3.34. The fourth-order valence-corrected chi connectivity index (χ4v) is 7.17. The summed E-state index contributed by atoms with van der Waals surface area (Å²) >= 11 is 0. The fraction of sp³-hybridized carbons (Fsp3) is 0.0238. The Morgan fingerprint density at radius 3 is 1.19 bits per heavy atom. The maximum absolute atomic E-state index is 15.4. The number of carbonyl (C=O) groups excluding carboxylic acids is 1. The molecule has 28 heteroatoms. The lowest BCUT2D eigenvalue weighted by molar-refractivity contribution is -0.691. The Morgan fingerprint density at radius 2 is 0.843 bits per heavy atom. The molecular weight excluding hydrogens is 1000 g/mol. The number of rotatable bonds is 9. The van der Waals surface area contributed by atoms with Crippen LogP contribution in [0.1, 0.15) is 16.1 Å². The van der Waals surface area contributed by atoms with Gasteiger partial charge in [-0.15, -0.1) is 21.9 Å². The zero-order chi connectivity index (χ0) is 52.0. The molecule has 0 aliphatic rings. The molecule has 1 aromatic heterocycles. The summed E-state index contributed by atoms with van der Waals surface area (Å²) < 4.78 is 301. The summed E-state index contributed by atoms with van der Waals surface area (Å²) in [5.41, 5.74) is -13.2. The number of hydrogen-bond acceptors (Lipinski definition) is 5. The molecule has 0 spiro atoms. The number of ether oxygens (including phenoxy) is 1. The second kappa shape index (κ2) is 19.5. The molecule has 6 aromatic carbocycles. The third kappa shape index (κ3) is 8.45. The van der Waals surface area contributed by atoms with Crippen LogP contribution in [0.2, 0.25) is 0 Å². The summed E-state index contributed by atoms with van der Waals surface area (Å²) in [6, 6.07) is 15.1. The summed E-state index contributed by atoms with van der Waals surface area (Å²) in [6.07, 6.45) is -2.56. The first-order valence-corrected chi connectivity index (χ1v) is 18.4. The van der Waals surface area contributed by atoms with Gasteiger partial charge in [0.25, 0.3) is 5.69 Å². The molecule has 7 aromatic rings. The highest BCUT2D eigenvalue weighted by molar-refractivity contribution is 7.20. The van der Waals surface area contributed by atoms with Gasteiger partial charge in [-0.25, -0.2) is 92.6 Å². The highest BCUT2D eigenvalue weighted by Crippen LogP contribution is 2.31. The quantitative estimate of drug-likeness (QED) is 0.0167. The highest BCUT2D eigenvalue weighted by Gasteiger charge is 2.52. The minimum atomic E-state index is -7.22. The van der Waals surface area contributed by atoms with Gasteiger partial charge in [-0.1, -0.05) is 36.4 Å². The van der Waals surface area contributed by atoms with Gasteiger partial charge in [-0.05, 0) is 6.07 Å². The summed E-state index contributed by atoms with van der Waals surface area (Å²) in [5, 5.41) is 10.8. The SMILES string of the molecule is Fc1c(F)c(F)c([B-](c2c(F)c(F)c(F)c(F)c2F)(c2c(F)c(F)c(F)c(F)c2F)c2c(F)c(F)c(F)c(F)c2F)c(F)c1F.O=C(Oc1cccc([N+](=O)[O-])c1)c1cncc[n+]1Cc1ccccc1. The number of nitro benzene ring substituents is 1. The standard InChI is InChI=1S/C24BF20.C18H14N3O4/c26-5-1(6(27)14(35)21(42)13(5)34)25(2-7(28)15(36)22(43)16(37)8(2)29,3-9(30)17(38)23(44)18(39)10(3)31)4-11(32)19(40)24(45)20(41)12(4)33;22-18(25-16-8-4-7-15(11-16)21(23)24)17-12-19-9-10-20(17)13-14-5-2-1-3-6-14/h;1-12H,13H2/q-1;+1. The Bertz CT molecular complexity index is 2910. The number of nitro groups is 1. The van der Waals surface area contributed by atoms with Crippen LogP contribution in [0.25, 0.3) is 0 Å². The van der Waals surface area contributed by atoms with Crippen LogP contribution in [0.5, 0.6) is 5.75 Å². The summed E-state index contributed by atoms with van der Waals surface area (Å²) in [6.45, 7) is 0.475. The molecule has 0 saturated carbocycles. The predicted octanol–water partition coefficient (Wildman–Crippen LogP) is 8.39. The molecular formula is C42H14BF20N3O4. The molecule has 0 atom stereocenters. The summed E-state index contributed by atoms with van der Waals surface area (Å²) in [5.74, 6) is -71.9. The normalized spacial score (nSPS) is 11.4. The Morgan fingerprint density at radius 1 is 0.500 bits per heavy atom. The van der Waals surface area contributed by atoms with E-state index >= 15 is 35.1 Å². The molecule has 7 nitrogen and oxygen atoms in total. The Labute approximate surface area is 374 Å². The third-order valence-electron chi connectivity index (χ3n) is 10.2. The maximum Gasteiger partial charge on any atom is 0.410 e. The van der Waals surface area contributed by atoms with Crippen LogP contribution in [-0.2, 0) is 6.54 Å². The van der Waals surface area contributed by atoms with Crippen LogP contribution >= 0.6 is 0 Å². The molecule has 0 amide bonds. The van der Waals surface area contributed by atoms with Gasteiger partial charge in [0.2, 0.25) is 0 Å². The molecule has 0 saturated heterocycles. The van der Waals surface area contributed by atoms with Gasteiger partial charge in [0.1, 0.15) is 64.6 Å². The zero-order valence-corrected chi connectivity index (χ0v) is 33.2. The van der Waals surface area contributed by atoms with Gasteiger partial charge >= 0.3 is 11.7 Å². The molecule has 0 bridgehead atoms. The molecule has 0 fully saturated rings. The van der Waals surface area contributed by atoms with Crippen LogP contribution in [0, 0.1) is 126 Å². The molecule has 364 valence electrons. The van der Waals surface area contributed by atoms with E-state index in [9.17, 15) is 67.6 Å². The largest absolute Gasteiger partial charge is 0.418 e. The number of nitrogens with zero attached hydrogens (tertiary/aromatic N) is 3. The smallest absolute Gasteiger partial charge is 0.410 e. The minimum absolute atomic E-state index is 0.106. The molecule has 0 radical (unpaired) electrons. The van der Waals surface area contributed by atoms with Crippen molar-refractivity contribution in [2.45, 2.75) is 6.54 Å². The van der Waals surface area contributed by atoms with E-state index in [1.807, 2.05) is 30.3 Å². The zero-order valence-electron chi connectivity index (χ0n) is 33.2. The number of benzene rings is 6. The van der Waals surface area contributed by atoms with Crippen molar-refractivity contribution in [2.24, 2.45) is 0 Å². The Hall–Kier alpha value is -8.07. The minimum Gasteiger partial charge on any atom is -0.418 e. The molecule has 1 heterocycles. The monoisotopic (exact) mass is 1020 g/mol. The second-order valence-electron chi connectivity index (χ2n) is 14.0. The summed E-state index contributed by atoms with van der Waals surface area (Å²) in [7, 11) is 0. The molecule has 0 N–H and O–H groups in total. The number of non-ortho nitro benzene ring substituents is 1.